The minimum absolute atomic E-state index is 0.280. The molecule has 1 saturated heterocycles. The van der Waals surface area contributed by atoms with Gasteiger partial charge in [-0.1, -0.05) is 25.0 Å². The Morgan fingerprint density at radius 1 is 1.25 bits per heavy atom. The molecule has 5 heteroatoms. The highest BCUT2D eigenvalue weighted by atomic mass is 16.3. The molecule has 2 rings (SSSR count). The molecule has 114 valence electrons. The topological polar surface area (TPSA) is 54.2 Å². The summed E-state index contributed by atoms with van der Waals surface area (Å²) in [6, 6.07) is 0. The van der Waals surface area contributed by atoms with Crippen molar-refractivity contribution in [2.24, 2.45) is 0 Å². The number of aryl methyl sites for hydroxylation is 1. The smallest absolute Gasteiger partial charge is 0.115 e. The summed E-state index contributed by atoms with van der Waals surface area (Å²) < 4.78 is 1.84. The molecule has 1 aliphatic rings. The normalized spacial score (nSPS) is 19.8. The van der Waals surface area contributed by atoms with E-state index >= 15 is 0 Å². The molecule has 1 unspecified atom stereocenters. The monoisotopic (exact) mass is 280 g/mol. The Bertz CT molecular complexity index is 408. The first-order valence-electron chi connectivity index (χ1n) is 7.89. The van der Waals surface area contributed by atoms with Gasteiger partial charge in [-0.05, 0) is 46.2 Å². The molecule has 2 heterocycles. The van der Waals surface area contributed by atoms with Gasteiger partial charge in [0.05, 0.1) is 11.9 Å². The van der Waals surface area contributed by atoms with Crippen LogP contribution in [0.4, 0.5) is 0 Å². The molecule has 0 bridgehead atoms. The van der Waals surface area contributed by atoms with Gasteiger partial charge < -0.3 is 5.11 Å². The van der Waals surface area contributed by atoms with Crippen LogP contribution in [0.3, 0.4) is 0 Å². The number of hydrogen-bond donors (Lipinski definition) is 1. The third-order valence-corrected chi connectivity index (χ3v) is 4.45. The van der Waals surface area contributed by atoms with Gasteiger partial charge in [-0.25, -0.2) is 4.68 Å². The van der Waals surface area contributed by atoms with Crippen LogP contribution in [0.1, 0.15) is 64.7 Å². The second kappa shape index (κ2) is 6.68. The first-order chi connectivity index (χ1) is 9.57. The highest BCUT2D eigenvalue weighted by Crippen LogP contribution is 2.32. The minimum Gasteiger partial charge on any atom is -0.385 e. The van der Waals surface area contributed by atoms with Crippen molar-refractivity contribution >= 4 is 0 Å². The van der Waals surface area contributed by atoms with Crippen LogP contribution in [0, 0.1) is 0 Å². The van der Waals surface area contributed by atoms with E-state index in [4.69, 9.17) is 0 Å². The third kappa shape index (κ3) is 3.20. The van der Waals surface area contributed by atoms with Crippen LogP contribution in [-0.4, -0.2) is 43.6 Å². The van der Waals surface area contributed by atoms with E-state index in [9.17, 15) is 5.11 Å². The van der Waals surface area contributed by atoms with Crippen molar-refractivity contribution in [3.8, 4) is 0 Å². The van der Waals surface area contributed by atoms with Gasteiger partial charge in [0.25, 0.3) is 0 Å². The van der Waals surface area contributed by atoms with E-state index in [1.54, 1.807) is 6.20 Å². The molecular weight excluding hydrogens is 252 g/mol. The van der Waals surface area contributed by atoms with Gasteiger partial charge in [-0.15, -0.1) is 5.10 Å². The van der Waals surface area contributed by atoms with Gasteiger partial charge in [-0.2, -0.15) is 0 Å². The summed E-state index contributed by atoms with van der Waals surface area (Å²) in [7, 11) is 0. The van der Waals surface area contributed by atoms with Crippen molar-refractivity contribution in [2.75, 3.05) is 13.1 Å². The molecule has 0 radical (unpaired) electrons. The molecule has 1 aromatic heterocycles. The van der Waals surface area contributed by atoms with Gasteiger partial charge in [0.15, 0.2) is 0 Å². The van der Waals surface area contributed by atoms with Crippen molar-refractivity contribution in [3.05, 3.63) is 11.9 Å². The first kappa shape index (κ1) is 15.4. The lowest BCUT2D eigenvalue weighted by molar-refractivity contribution is -0.0148. The van der Waals surface area contributed by atoms with Crippen molar-refractivity contribution in [2.45, 2.75) is 71.1 Å². The maximum absolute atomic E-state index is 10.8. The summed E-state index contributed by atoms with van der Waals surface area (Å²) in [5.41, 5.74) is 0.554. The zero-order valence-electron chi connectivity index (χ0n) is 13.0. The zero-order chi connectivity index (χ0) is 14.6. The molecule has 0 amide bonds. The summed E-state index contributed by atoms with van der Waals surface area (Å²) in [5, 5.41) is 18.9. The first-order valence-corrected chi connectivity index (χ1v) is 7.89. The molecule has 0 aliphatic carbocycles. The van der Waals surface area contributed by atoms with Gasteiger partial charge in [0, 0.05) is 12.1 Å². The number of aliphatic hydroxyl groups is 1. The molecule has 1 fully saturated rings. The maximum atomic E-state index is 10.8. The van der Waals surface area contributed by atoms with Crippen molar-refractivity contribution in [3.63, 3.8) is 0 Å². The fourth-order valence-electron chi connectivity index (χ4n) is 3.04. The Morgan fingerprint density at radius 3 is 2.50 bits per heavy atom. The summed E-state index contributed by atoms with van der Waals surface area (Å²) in [6.07, 6.45) is 7.20. The quantitative estimate of drug-likeness (QED) is 0.899. The SMILES string of the molecule is CCCn1nncc1C(O)C(C)(C)N1CCCCCC1. The molecule has 1 aliphatic heterocycles. The Morgan fingerprint density at radius 2 is 1.90 bits per heavy atom. The summed E-state index contributed by atoms with van der Waals surface area (Å²) >= 11 is 0. The average molecular weight is 280 g/mol. The van der Waals surface area contributed by atoms with Crippen LogP contribution >= 0.6 is 0 Å². The highest BCUT2D eigenvalue weighted by molar-refractivity contribution is 5.07. The van der Waals surface area contributed by atoms with E-state index in [-0.39, 0.29) is 5.54 Å². The summed E-state index contributed by atoms with van der Waals surface area (Å²) in [5.74, 6) is 0. The Balaban J connectivity index is 2.16. The standard InChI is InChI=1S/C15H28N4O/c1-4-9-19-13(12-16-17-19)14(20)15(2,3)18-10-7-5-6-8-11-18/h12,14,20H,4-11H2,1-3H3. The van der Waals surface area contributed by atoms with Gasteiger partial charge >= 0.3 is 0 Å². The lowest BCUT2D eigenvalue weighted by atomic mass is 9.92. The molecule has 1 atom stereocenters. The molecule has 1 N–H and O–H groups in total. The van der Waals surface area contributed by atoms with E-state index in [0.29, 0.717) is 0 Å². The van der Waals surface area contributed by atoms with Crippen molar-refractivity contribution in [1.29, 1.82) is 0 Å². The number of hydrogen-bond acceptors (Lipinski definition) is 4. The van der Waals surface area contributed by atoms with Crippen LogP contribution < -0.4 is 0 Å². The Labute approximate surface area is 122 Å². The van der Waals surface area contributed by atoms with Crippen LogP contribution in [0.2, 0.25) is 0 Å². The molecule has 20 heavy (non-hydrogen) atoms. The molecule has 0 aromatic carbocycles. The van der Waals surface area contributed by atoms with Crippen molar-refractivity contribution in [1.82, 2.24) is 19.9 Å². The van der Waals surface area contributed by atoms with E-state index < -0.39 is 6.10 Å². The average Bonchev–Trinajstić information content (AvgIpc) is 2.71. The predicted molar refractivity (Wildman–Crippen MR) is 79.4 cm³/mol. The van der Waals surface area contributed by atoms with Crippen LogP contribution in [-0.2, 0) is 6.54 Å². The van der Waals surface area contributed by atoms with Crippen LogP contribution in [0.15, 0.2) is 6.20 Å². The molecular formula is C15H28N4O. The third-order valence-electron chi connectivity index (χ3n) is 4.45. The minimum atomic E-state index is -0.554. The fraction of sp³-hybridized carbons (Fsp3) is 0.867. The number of aliphatic hydroxyl groups excluding tert-OH is 1. The van der Waals surface area contributed by atoms with E-state index in [0.717, 1.165) is 31.7 Å². The second-order valence-electron chi connectivity index (χ2n) is 6.34. The van der Waals surface area contributed by atoms with Crippen LogP contribution in [0.5, 0.6) is 0 Å². The molecule has 0 spiro atoms. The second-order valence-corrected chi connectivity index (χ2v) is 6.34. The van der Waals surface area contributed by atoms with E-state index in [1.807, 2.05) is 4.68 Å². The Kier molecular flexibility index (Phi) is 5.16. The zero-order valence-corrected chi connectivity index (χ0v) is 13.0. The molecule has 5 nitrogen and oxygen atoms in total. The van der Waals surface area contributed by atoms with Gasteiger partial charge in [0.1, 0.15) is 6.10 Å². The van der Waals surface area contributed by atoms with Gasteiger partial charge in [-0.3, -0.25) is 4.90 Å². The maximum Gasteiger partial charge on any atom is 0.115 e. The lowest BCUT2D eigenvalue weighted by Crippen LogP contribution is -2.49. The van der Waals surface area contributed by atoms with Crippen molar-refractivity contribution < 1.29 is 5.11 Å². The van der Waals surface area contributed by atoms with E-state index in [2.05, 4.69) is 36.0 Å². The Hall–Kier alpha value is -0.940. The number of nitrogens with zero attached hydrogens (tertiary/aromatic N) is 4. The molecule has 0 saturated carbocycles. The summed E-state index contributed by atoms with van der Waals surface area (Å²) in [4.78, 5) is 2.42. The molecule has 1 aromatic rings. The highest BCUT2D eigenvalue weighted by Gasteiger charge is 2.37. The number of likely N-dealkylation sites (tertiary alicyclic amines) is 1. The predicted octanol–water partition coefficient (Wildman–Crippen LogP) is 2.38. The lowest BCUT2D eigenvalue weighted by Gasteiger charge is -2.41. The summed E-state index contributed by atoms with van der Waals surface area (Å²) in [6.45, 7) is 9.32. The van der Waals surface area contributed by atoms with Gasteiger partial charge in [0.2, 0.25) is 0 Å². The largest absolute Gasteiger partial charge is 0.385 e. The van der Waals surface area contributed by atoms with Crippen LogP contribution in [0.25, 0.3) is 0 Å². The number of rotatable bonds is 5. The fourth-order valence-corrected chi connectivity index (χ4v) is 3.04. The van der Waals surface area contributed by atoms with E-state index in [1.165, 1.54) is 25.7 Å². The number of aromatic nitrogens is 3.